The summed E-state index contributed by atoms with van der Waals surface area (Å²) in [4.78, 5) is 0. The second-order valence-corrected chi connectivity index (χ2v) is 27.6. The van der Waals surface area contributed by atoms with Crippen LogP contribution in [0.1, 0.15) is 128 Å². The summed E-state index contributed by atoms with van der Waals surface area (Å²) in [5.41, 5.74) is 0. The van der Waals surface area contributed by atoms with Crippen molar-refractivity contribution in [2.45, 2.75) is 189 Å². The Morgan fingerprint density at radius 3 is 0.380 bits per heavy atom. The van der Waals surface area contributed by atoms with Gasteiger partial charge in [0.2, 0.25) is 0 Å². The predicted molar refractivity (Wildman–Crippen MR) is 175 cm³/mol. The van der Waals surface area contributed by atoms with Gasteiger partial charge in [-0.25, -0.2) is 0 Å². The minimum absolute atomic E-state index is 0.124. The Morgan fingerprint density at radius 1 is 0.200 bits per heavy atom. The van der Waals surface area contributed by atoms with E-state index >= 15 is 0 Å². The van der Waals surface area contributed by atoms with Crippen LogP contribution in [0.4, 0.5) is 0 Å². The van der Waals surface area contributed by atoms with E-state index in [1.54, 1.807) is 0 Å². The van der Waals surface area contributed by atoms with Crippen molar-refractivity contribution in [3.05, 3.63) is 0 Å². The van der Waals surface area contributed by atoms with E-state index in [-0.39, 0.29) is 61.0 Å². The van der Waals surface area contributed by atoms with Crippen LogP contribution in [-0.2, 0) is 64.8 Å². The molecule has 15 nitrogen and oxygen atoms in total. The standard InChI is InChI=1S/C30H50O15Si5/c1-2-21(1)31-46(32-22-3-4-22)41-47(33-23-5-6-23,34-24-7-8-24)43-49(37-27-13-14-27,38-28-15-16-28)45-50(39-29-17-18-29,40-30-19-20-30)44-48(42-46,35-25-9-10-25)36-26-11-12-26/h21-30H,1-20H2. The summed E-state index contributed by atoms with van der Waals surface area (Å²) in [6.45, 7) is 0. The smallest absolute Gasteiger partial charge is 0.349 e. The van der Waals surface area contributed by atoms with E-state index in [0.717, 1.165) is 128 Å². The zero-order valence-electron chi connectivity index (χ0n) is 28.5. The van der Waals surface area contributed by atoms with Crippen molar-refractivity contribution in [2.24, 2.45) is 0 Å². The van der Waals surface area contributed by atoms with Crippen LogP contribution in [0.25, 0.3) is 0 Å². The molecule has 0 aromatic rings. The Balaban J connectivity index is 1.09. The number of hydrogen-bond acceptors (Lipinski definition) is 15. The highest BCUT2D eigenvalue weighted by Gasteiger charge is 2.79. The molecule has 10 saturated carbocycles. The van der Waals surface area contributed by atoms with Crippen molar-refractivity contribution in [3.8, 4) is 0 Å². The van der Waals surface area contributed by atoms with Gasteiger partial charge < -0.3 is 64.8 Å². The van der Waals surface area contributed by atoms with Crippen LogP contribution in [0.2, 0.25) is 0 Å². The topological polar surface area (TPSA) is 138 Å². The van der Waals surface area contributed by atoms with Crippen LogP contribution in [-0.4, -0.2) is 106 Å². The highest BCUT2D eigenvalue weighted by Crippen LogP contribution is 2.49. The molecular weight excluding hydrogens is 741 g/mol. The summed E-state index contributed by atoms with van der Waals surface area (Å²) in [6, 6.07) is 0. The van der Waals surface area contributed by atoms with Gasteiger partial charge in [-0.1, -0.05) is 0 Å². The second-order valence-electron chi connectivity index (χ2n) is 16.2. The molecule has 50 heavy (non-hydrogen) atoms. The van der Waals surface area contributed by atoms with Gasteiger partial charge in [-0.15, -0.1) is 0 Å². The Labute approximate surface area is 298 Å². The maximum Gasteiger partial charge on any atom is 0.668 e. The number of rotatable bonds is 20. The van der Waals surface area contributed by atoms with Crippen LogP contribution in [0.15, 0.2) is 0 Å². The molecule has 0 aromatic heterocycles. The highest BCUT2D eigenvalue weighted by molar-refractivity contribution is 6.83. The molecule has 10 aliphatic carbocycles. The fourth-order valence-electron chi connectivity index (χ4n) is 5.39. The van der Waals surface area contributed by atoms with Gasteiger partial charge in [0.25, 0.3) is 0 Å². The van der Waals surface area contributed by atoms with E-state index in [2.05, 4.69) is 0 Å². The lowest BCUT2D eigenvalue weighted by molar-refractivity contribution is -0.120. The van der Waals surface area contributed by atoms with Gasteiger partial charge in [0.1, 0.15) is 0 Å². The first kappa shape index (κ1) is 33.8. The summed E-state index contributed by atoms with van der Waals surface area (Å²) < 4.78 is 105. The summed E-state index contributed by atoms with van der Waals surface area (Å²) in [6.07, 6.45) is 15.8. The van der Waals surface area contributed by atoms with Crippen molar-refractivity contribution in [1.29, 1.82) is 0 Å². The fourth-order valence-corrected chi connectivity index (χ4v) is 24.8. The first-order valence-corrected chi connectivity index (χ1v) is 27.8. The average Bonchev–Trinajstić information content (AvgIpc) is 3.80. The molecule has 280 valence electrons. The summed E-state index contributed by atoms with van der Waals surface area (Å²) in [5, 5.41) is 0. The minimum atomic E-state index is -4.33. The van der Waals surface area contributed by atoms with Gasteiger partial charge in [0.05, 0.1) is 61.0 Å². The molecule has 11 rings (SSSR count). The molecule has 1 saturated heterocycles. The lowest BCUT2D eigenvalue weighted by Gasteiger charge is -2.46. The number of hydrogen-bond donors (Lipinski definition) is 0. The summed E-state index contributed by atoms with van der Waals surface area (Å²) >= 11 is 0. The van der Waals surface area contributed by atoms with Crippen molar-refractivity contribution in [2.75, 3.05) is 0 Å². The Bertz CT molecular complexity index is 952. The van der Waals surface area contributed by atoms with E-state index < -0.39 is 45.2 Å². The molecule has 0 bridgehead atoms. The predicted octanol–water partition coefficient (Wildman–Crippen LogP) is 4.05. The lowest BCUT2D eigenvalue weighted by Crippen LogP contribution is -2.77. The van der Waals surface area contributed by atoms with Gasteiger partial charge in [-0.2, -0.15) is 0 Å². The third kappa shape index (κ3) is 8.96. The Kier molecular flexibility index (Phi) is 8.62. The normalized spacial score (nSPS) is 34.8. The van der Waals surface area contributed by atoms with E-state index in [1.165, 1.54) is 0 Å². The van der Waals surface area contributed by atoms with Gasteiger partial charge in [0.15, 0.2) is 0 Å². The quantitative estimate of drug-likeness (QED) is 0.164. The van der Waals surface area contributed by atoms with Crippen LogP contribution in [0, 0.1) is 0 Å². The first-order valence-electron chi connectivity index (χ1n) is 19.6. The van der Waals surface area contributed by atoms with Crippen molar-refractivity contribution >= 4 is 45.2 Å². The summed E-state index contributed by atoms with van der Waals surface area (Å²) in [5.74, 6) is 0. The molecule has 0 N–H and O–H groups in total. The Morgan fingerprint density at radius 2 is 0.300 bits per heavy atom. The molecule has 0 unspecified atom stereocenters. The van der Waals surface area contributed by atoms with E-state index in [0.29, 0.717) is 0 Å². The van der Waals surface area contributed by atoms with E-state index in [4.69, 9.17) is 64.8 Å². The average molecular weight is 791 g/mol. The second kappa shape index (κ2) is 12.8. The van der Waals surface area contributed by atoms with E-state index in [1.807, 2.05) is 0 Å². The molecule has 1 heterocycles. The maximum atomic E-state index is 7.25. The zero-order chi connectivity index (χ0) is 33.0. The molecule has 0 aromatic carbocycles. The van der Waals surface area contributed by atoms with Crippen LogP contribution in [0.3, 0.4) is 0 Å². The monoisotopic (exact) mass is 790 g/mol. The van der Waals surface area contributed by atoms with Crippen molar-refractivity contribution in [3.63, 3.8) is 0 Å². The van der Waals surface area contributed by atoms with Gasteiger partial charge in [-0.05, 0) is 128 Å². The molecule has 0 spiro atoms. The van der Waals surface area contributed by atoms with Gasteiger partial charge >= 0.3 is 45.2 Å². The zero-order valence-corrected chi connectivity index (χ0v) is 33.5. The third-order valence-electron chi connectivity index (χ3n) is 9.60. The van der Waals surface area contributed by atoms with Crippen molar-refractivity contribution in [1.82, 2.24) is 0 Å². The van der Waals surface area contributed by atoms with Crippen LogP contribution >= 0.6 is 0 Å². The third-order valence-corrected chi connectivity index (χ3v) is 25.8. The van der Waals surface area contributed by atoms with Gasteiger partial charge in [0, 0.05) is 0 Å². The molecule has 0 atom stereocenters. The Hall–Kier alpha value is 0.484. The molecule has 0 radical (unpaired) electrons. The largest absolute Gasteiger partial charge is 0.668 e. The van der Waals surface area contributed by atoms with Crippen LogP contribution < -0.4 is 0 Å². The van der Waals surface area contributed by atoms with Gasteiger partial charge in [-0.3, -0.25) is 0 Å². The highest BCUT2D eigenvalue weighted by atomic mass is 28.6. The maximum absolute atomic E-state index is 7.25. The van der Waals surface area contributed by atoms with E-state index in [9.17, 15) is 0 Å². The molecule has 11 aliphatic rings. The minimum Gasteiger partial charge on any atom is -0.349 e. The molecule has 20 heteroatoms. The fraction of sp³-hybridized carbons (Fsp3) is 1.00. The molecule has 11 fully saturated rings. The first-order chi connectivity index (χ1) is 24.3. The molecular formula is C30H50O15Si5. The SMILES string of the molecule is C1CC1O[Si]1(OC2CC2)O[Si](OC2CC2)(OC2CC2)O[Si](OC2CC2)(OC2CC2)O[Si](OC2CC2)(OC2CC2)O[Si](OC2CC2)(OC2CC2)O1. The summed E-state index contributed by atoms with van der Waals surface area (Å²) in [7, 11) is -21.7. The molecule has 0 amide bonds. The molecule has 1 aliphatic heterocycles. The van der Waals surface area contributed by atoms with Crippen molar-refractivity contribution < 1.29 is 64.8 Å². The van der Waals surface area contributed by atoms with Crippen LogP contribution in [0.5, 0.6) is 0 Å². The lowest BCUT2D eigenvalue weighted by atomic mass is 10.9.